The van der Waals surface area contributed by atoms with Gasteiger partial charge in [0.1, 0.15) is 11.9 Å². The van der Waals surface area contributed by atoms with Crippen LogP contribution in [-0.4, -0.2) is 46.3 Å². The number of hydrogen-bond acceptors (Lipinski definition) is 5. The van der Waals surface area contributed by atoms with E-state index in [9.17, 15) is 9.59 Å². The molecule has 0 unspecified atom stereocenters. The minimum atomic E-state index is -0.944. The van der Waals surface area contributed by atoms with Crippen molar-refractivity contribution in [2.75, 3.05) is 14.1 Å². The first-order valence-corrected chi connectivity index (χ1v) is 9.03. The number of likely N-dealkylation sites (N-methyl/N-ethyl adjacent to an activating group) is 2. The molecule has 2 amide bonds. The van der Waals surface area contributed by atoms with E-state index in [1.165, 1.54) is 4.90 Å². The van der Waals surface area contributed by atoms with Crippen LogP contribution in [0.2, 0.25) is 0 Å². The van der Waals surface area contributed by atoms with Crippen molar-refractivity contribution in [3.05, 3.63) is 47.6 Å². The number of carbonyl (C=O) groups is 2. The van der Waals surface area contributed by atoms with Gasteiger partial charge in [-0.05, 0) is 37.4 Å². The summed E-state index contributed by atoms with van der Waals surface area (Å²) < 4.78 is 1.02. The minimum absolute atomic E-state index is 0.214. The van der Waals surface area contributed by atoms with E-state index < -0.39 is 5.54 Å². The third kappa shape index (κ3) is 3.06. The van der Waals surface area contributed by atoms with Crippen molar-refractivity contribution in [1.29, 1.82) is 0 Å². The number of nitrogens with one attached hydrogen (secondary N) is 1. The molecule has 3 rings (SSSR count). The van der Waals surface area contributed by atoms with Crippen LogP contribution in [0, 0.1) is 0 Å². The third-order valence-electron chi connectivity index (χ3n) is 4.57. The molecule has 0 spiro atoms. The van der Waals surface area contributed by atoms with Gasteiger partial charge in [-0.1, -0.05) is 12.1 Å². The first-order valence-electron chi connectivity index (χ1n) is 8.15. The Balaban J connectivity index is 1.89. The van der Waals surface area contributed by atoms with E-state index in [0.717, 1.165) is 21.5 Å². The van der Waals surface area contributed by atoms with Gasteiger partial charge in [0.2, 0.25) is 5.91 Å². The van der Waals surface area contributed by atoms with E-state index >= 15 is 0 Å². The Hall–Kier alpha value is -2.80. The van der Waals surface area contributed by atoms with Gasteiger partial charge >= 0.3 is 0 Å². The number of aromatic nitrogens is 2. The van der Waals surface area contributed by atoms with Crippen LogP contribution in [-0.2, 0) is 4.79 Å². The van der Waals surface area contributed by atoms with Gasteiger partial charge in [-0.3, -0.25) is 9.59 Å². The molecule has 0 atom stereocenters. The first-order chi connectivity index (χ1) is 12.4. The lowest BCUT2D eigenvalue weighted by molar-refractivity contribution is -0.129. The molecule has 0 aliphatic rings. The molecule has 6 nitrogen and oxygen atoms in total. The van der Waals surface area contributed by atoms with Gasteiger partial charge in [0.05, 0.1) is 15.9 Å². The van der Waals surface area contributed by atoms with Crippen LogP contribution in [0.15, 0.2) is 42.0 Å². The number of benzene rings is 1. The predicted molar refractivity (Wildman–Crippen MR) is 103 cm³/mol. The number of thiophene rings is 1. The highest BCUT2D eigenvalue weighted by atomic mass is 32.1. The van der Waals surface area contributed by atoms with Crippen molar-refractivity contribution in [3.63, 3.8) is 0 Å². The van der Waals surface area contributed by atoms with Crippen LogP contribution in [0.5, 0.6) is 0 Å². The zero-order valence-corrected chi connectivity index (χ0v) is 15.9. The highest BCUT2D eigenvalue weighted by Gasteiger charge is 2.34. The smallest absolute Gasteiger partial charge is 0.254 e. The predicted octanol–water partition coefficient (Wildman–Crippen LogP) is 2.95. The largest absolute Gasteiger partial charge is 0.357 e. The van der Waals surface area contributed by atoms with Gasteiger partial charge in [0.25, 0.3) is 5.91 Å². The maximum Gasteiger partial charge on any atom is 0.254 e. The summed E-state index contributed by atoms with van der Waals surface area (Å²) in [6, 6.07) is 9.22. The number of fused-ring (bicyclic) bond motifs is 1. The van der Waals surface area contributed by atoms with Crippen molar-refractivity contribution >= 4 is 33.4 Å². The minimum Gasteiger partial charge on any atom is -0.357 e. The summed E-state index contributed by atoms with van der Waals surface area (Å²) >= 11 is 1.59. The van der Waals surface area contributed by atoms with E-state index in [1.54, 1.807) is 57.7 Å². The Morgan fingerprint density at radius 2 is 1.81 bits per heavy atom. The van der Waals surface area contributed by atoms with Crippen molar-refractivity contribution in [2.24, 2.45) is 0 Å². The molecule has 0 fully saturated rings. The van der Waals surface area contributed by atoms with Crippen LogP contribution in [0.3, 0.4) is 0 Å². The van der Waals surface area contributed by atoms with Crippen molar-refractivity contribution in [2.45, 2.75) is 19.4 Å². The van der Waals surface area contributed by atoms with Crippen LogP contribution in [0.1, 0.15) is 24.2 Å². The van der Waals surface area contributed by atoms with Crippen LogP contribution in [0.4, 0.5) is 0 Å². The molecule has 26 heavy (non-hydrogen) atoms. The highest BCUT2D eigenvalue weighted by Crippen LogP contribution is 2.29. The van der Waals surface area contributed by atoms with Crippen LogP contribution >= 0.6 is 11.3 Å². The lowest BCUT2D eigenvalue weighted by atomic mass is 10.0. The summed E-state index contributed by atoms with van der Waals surface area (Å²) in [5.74, 6) is -0.430. The first kappa shape index (κ1) is 18.0. The lowest BCUT2D eigenvalue weighted by Crippen LogP contribution is -2.54. The Bertz CT molecular complexity index is 963. The molecule has 0 bridgehead atoms. The Morgan fingerprint density at radius 3 is 2.46 bits per heavy atom. The van der Waals surface area contributed by atoms with Gasteiger partial charge in [-0.2, -0.15) is 0 Å². The summed E-state index contributed by atoms with van der Waals surface area (Å²) in [5, 5.41) is 4.57. The lowest BCUT2D eigenvalue weighted by Gasteiger charge is -2.33. The number of rotatable bonds is 4. The van der Waals surface area contributed by atoms with Gasteiger partial charge < -0.3 is 10.2 Å². The Kier molecular flexibility index (Phi) is 4.73. The molecular weight excluding hydrogens is 348 g/mol. The summed E-state index contributed by atoms with van der Waals surface area (Å²) in [6.45, 7) is 3.43. The topological polar surface area (TPSA) is 75.2 Å². The monoisotopic (exact) mass is 368 g/mol. The molecule has 1 aromatic carbocycles. The summed E-state index contributed by atoms with van der Waals surface area (Å²) in [4.78, 5) is 34.9. The number of amides is 2. The quantitative estimate of drug-likeness (QED) is 0.768. The maximum absolute atomic E-state index is 12.8. The Morgan fingerprint density at radius 1 is 1.12 bits per heavy atom. The normalized spacial score (nSPS) is 11.4. The van der Waals surface area contributed by atoms with Gasteiger partial charge in [-0.25, -0.2) is 9.97 Å². The third-order valence-corrected chi connectivity index (χ3v) is 5.48. The average Bonchev–Trinajstić information content (AvgIpc) is 3.15. The van der Waals surface area contributed by atoms with Crippen LogP contribution in [0.25, 0.3) is 21.5 Å². The Labute approximate surface area is 155 Å². The fraction of sp³-hybridized carbons (Fsp3) is 0.263. The molecule has 0 saturated carbocycles. The van der Waals surface area contributed by atoms with Crippen molar-refractivity contribution < 1.29 is 9.59 Å². The summed E-state index contributed by atoms with van der Waals surface area (Å²) in [5.41, 5.74) is 2.25. The van der Waals surface area contributed by atoms with Crippen molar-refractivity contribution in [3.8, 4) is 11.3 Å². The number of carbonyl (C=O) groups excluding carboxylic acids is 2. The second kappa shape index (κ2) is 6.84. The molecule has 0 radical (unpaired) electrons. The fourth-order valence-corrected chi connectivity index (χ4v) is 3.53. The van der Waals surface area contributed by atoms with Gasteiger partial charge in [0.15, 0.2) is 0 Å². The van der Waals surface area contributed by atoms with E-state index in [2.05, 4.69) is 15.3 Å². The van der Waals surface area contributed by atoms with E-state index in [-0.39, 0.29) is 11.8 Å². The average molecular weight is 368 g/mol. The molecule has 0 aliphatic heterocycles. The molecule has 2 aromatic heterocycles. The van der Waals surface area contributed by atoms with Gasteiger partial charge in [-0.15, -0.1) is 11.3 Å². The molecule has 2 heterocycles. The molecule has 0 aliphatic carbocycles. The van der Waals surface area contributed by atoms with E-state index in [0.29, 0.717) is 5.56 Å². The highest BCUT2D eigenvalue weighted by molar-refractivity contribution is 7.17. The molecular formula is C19H20N4O2S. The number of hydrogen-bond donors (Lipinski definition) is 1. The SMILES string of the molecule is CNC(=O)C(C)(C)N(C)C(=O)c1ccc(-c2ncnc3ccsc23)cc1. The summed E-state index contributed by atoms with van der Waals surface area (Å²) in [6.07, 6.45) is 1.54. The molecule has 134 valence electrons. The van der Waals surface area contributed by atoms with Gasteiger partial charge in [0, 0.05) is 25.2 Å². The second-order valence-corrected chi connectivity index (χ2v) is 7.35. The molecule has 7 heteroatoms. The van der Waals surface area contributed by atoms with E-state index in [4.69, 9.17) is 0 Å². The maximum atomic E-state index is 12.8. The second-order valence-electron chi connectivity index (χ2n) is 6.44. The van der Waals surface area contributed by atoms with E-state index in [1.807, 2.05) is 23.6 Å². The number of nitrogens with zero attached hydrogens (tertiary/aromatic N) is 3. The van der Waals surface area contributed by atoms with Crippen LogP contribution < -0.4 is 5.32 Å². The molecule has 3 aromatic rings. The zero-order chi connectivity index (χ0) is 18.9. The fourth-order valence-electron chi connectivity index (χ4n) is 2.67. The standard InChI is InChI=1S/C19H20N4O2S/c1-19(2,18(25)20-3)23(4)17(24)13-7-5-12(6-8-13)15-16-14(9-10-26-16)21-11-22-15/h5-11H,1-4H3,(H,20,25). The van der Waals surface area contributed by atoms with Crippen molar-refractivity contribution in [1.82, 2.24) is 20.2 Å². The zero-order valence-electron chi connectivity index (χ0n) is 15.1. The summed E-state index contributed by atoms with van der Waals surface area (Å²) in [7, 11) is 3.19. The molecule has 1 N–H and O–H groups in total. The molecule has 0 saturated heterocycles.